The first-order valence-electron chi connectivity index (χ1n) is 10.8. The molecule has 3 heterocycles. The van der Waals surface area contributed by atoms with Crippen LogP contribution in [-0.4, -0.2) is 53.1 Å². The number of anilines is 2. The summed E-state index contributed by atoms with van der Waals surface area (Å²) in [6.07, 6.45) is -0.900. The summed E-state index contributed by atoms with van der Waals surface area (Å²) in [7, 11) is 0. The van der Waals surface area contributed by atoms with Gasteiger partial charge >= 0.3 is 0 Å². The molecule has 1 aromatic heterocycles. The van der Waals surface area contributed by atoms with Crippen LogP contribution in [0.1, 0.15) is 31.4 Å². The van der Waals surface area contributed by atoms with Crippen LogP contribution < -0.4 is 20.7 Å². The van der Waals surface area contributed by atoms with E-state index in [1.165, 1.54) is 4.90 Å². The highest BCUT2D eigenvalue weighted by atomic mass is 19.3. The molecule has 5 rings (SSSR count). The molecule has 0 spiro atoms. The molecular weight excluding hydrogens is 436 g/mol. The molecule has 33 heavy (non-hydrogen) atoms. The van der Waals surface area contributed by atoms with E-state index < -0.39 is 24.4 Å². The first-order valence-corrected chi connectivity index (χ1v) is 10.8. The molecule has 1 aromatic carbocycles. The van der Waals surface area contributed by atoms with Gasteiger partial charge < -0.3 is 25.1 Å². The lowest BCUT2D eigenvalue weighted by Crippen LogP contribution is -2.37. The summed E-state index contributed by atoms with van der Waals surface area (Å²) >= 11 is 0. The molecule has 0 radical (unpaired) electrons. The Kier molecular flexibility index (Phi) is 5.20. The lowest BCUT2D eigenvalue weighted by molar-refractivity contribution is -0.118. The smallest absolute Gasteiger partial charge is 0.284 e. The molecule has 2 atom stereocenters. The first-order chi connectivity index (χ1) is 15.9. The van der Waals surface area contributed by atoms with E-state index >= 15 is 0 Å². The number of carbonyl (C=O) groups excluding carboxylic acids is 2. The fraction of sp³-hybridized carbons (Fsp3) is 0.455. The quantitative estimate of drug-likeness (QED) is 0.638. The molecule has 1 saturated carbocycles. The van der Waals surface area contributed by atoms with Crippen LogP contribution in [0.25, 0.3) is 11.4 Å². The number of fused-ring (bicyclic) bond motifs is 3. The number of hydrogen-bond donors (Lipinski definition) is 2. The highest BCUT2D eigenvalue weighted by molar-refractivity contribution is 5.83. The number of benzene rings is 1. The van der Waals surface area contributed by atoms with Crippen molar-refractivity contribution in [1.29, 1.82) is 0 Å². The molecule has 0 bridgehead atoms. The number of primary amides is 1. The van der Waals surface area contributed by atoms with E-state index in [0.29, 0.717) is 41.8 Å². The van der Waals surface area contributed by atoms with Crippen LogP contribution in [0.3, 0.4) is 0 Å². The van der Waals surface area contributed by atoms with Gasteiger partial charge in [-0.15, -0.1) is 0 Å². The number of alkyl halides is 2. The number of nitrogens with one attached hydrogen (secondary N) is 1. The van der Waals surface area contributed by atoms with Gasteiger partial charge in [-0.25, -0.2) is 18.6 Å². The zero-order valence-corrected chi connectivity index (χ0v) is 17.9. The van der Waals surface area contributed by atoms with Gasteiger partial charge in [0.2, 0.25) is 5.91 Å². The third-order valence-corrected chi connectivity index (χ3v) is 6.10. The maximum absolute atomic E-state index is 13.8. The molecule has 0 unspecified atom stereocenters. The Morgan fingerprint density at radius 2 is 2.12 bits per heavy atom. The SMILES string of the molecule is C[C@H](Nc1ccc2c(c1)OCCn1c-2nc(N2C(=C=O)OC[C@H]2C(F)F)c1C1CC1)C(N)=O. The Bertz CT molecular complexity index is 1160. The van der Waals surface area contributed by atoms with Crippen LogP contribution in [0.4, 0.5) is 20.3 Å². The van der Waals surface area contributed by atoms with Gasteiger partial charge in [-0.1, -0.05) is 0 Å². The normalized spacial score (nSPS) is 20.3. The predicted octanol–water partition coefficient (Wildman–Crippen LogP) is 2.25. The van der Waals surface area contributed by atoms with Crippen molar-refractivity contribution in [2.24, 2.45) is 5.73 Å². The molecule has 11 heteroatoms. The number of nitrogens with zero attached hydrogens (tertiary/aromatic N) is 3. The van der Waals surface area contributed by atoms with Crippen molar-refractivity contribution < 1.29 is 27.8 Å². The third-order valence-electron chi connectivity index (χ3n) is 6.10. The summed E-state index contributed by atoms with van der Waals surface area (Å²) < 4.78 is 40.7. The summed E-state index contributed by atoms with van der Waals surface area (Å²) in [6, 6.07) is 3.46. The summed E-state index contributed by atoms with van der Waals surface area (Å²) in [5.74, 6) is 2.47. The predicted molar refractivity (Wildman–Crippen MR) is 115 cm³/mol. The molecule has 2 aliphatic heterocycles. The zero-order chi connectivity index (χ0) is 23.3. The Balaban J connectivity index is 1.61. The van der Waals surface area contributed by atoms with E-state index in [1.807, 2.05) is 4.57 Å². The number of aromatic nitrogens is 2. The number of ether oxygens (including phenoxy) is 2. The average molecular weight is 459 g/mol. The van der Waals surface area contributed by atoms with Gasteiger partial charge in [0.1, 0.15) is 36.9 Å². The number of amides is 1. The molecule has 2 aromatic rings. The van der Waals surface area contributed by atoms with Gasteiger partial charge in [-0.3, -0.25) is 9.69 Å². The largest absolute Gasteiger partial charge is 0.491 e. The maximum Gasteiger partial charge on any atom is 0.284 e. The number of rotatable bonds is 6. The Hall–Kier alpha value is -3.59. The van der Waals surface area contributed by atoms with E-state index in [0.717, 1.165) is 18.5 Å². The molecule has 1 amide bonds. The lowest BCUT2D eigenvalue weighted by Gasteiger charge is -2.22. The summed E-state index contributed by atoms with van der Waals surface area (Å²) in [5.41, 5.74) is 7.47. The Morgan fingerprint density at radius 1 is 1.33 bits per heavy atom. The monoisotopic (exact) mass is 459 g/mol. The Labute approximate surface area is 188 Å². The summed E-state index contributed by atoms with van der Waals surface area (Å²) in [4.78, 5) is 28.8. The molecule has 9 nitrogen and oxygen atoms in total. The van der Waals surface area contributed by atoms with Crippen LogP contribution in [-0.2, 0) is 20.9 Å². The van der Waals surface area contributed by atoms with E-state index in [-0.39, 0.29) is 18.4 Å². The zero-order valence-electron chi connectivity index (χ0n) is 17.9. The number of hydrogen-bond acceptors (Lipinski definition) is 7. The Morgan fingerprint density at radius 3 is 2.79 bits per heavy atom. The fourth-order valence-electron chi connectivity index (χ4n) is 4.28. The summed E-state index contributed by atoms with van der Waals surface area (Å²) in [6.45, 7) is 2.17. The fourth-order valence-corrected chi connectivity index (χ4v) is 4.28. The van der Waals surface area contributed by atoms with E-state index in [1.54, 1.807) is 31.1 Å². The van der Waals surface area contributed by atoms with Crippen molar-refractivity contribution in [1.82, 2.24) is 9.55 Å². The van der Waals surface area contributed by atoms with Crippen molar-refractivity contribution in [2.45, 2.75) is 50.7 Å². The van der Waals surface area contributed by atoms with Crippen molar-refractivity contribution >= 4 is 23.4 Å². The van der Waals surface area contributed by atoms with Gasteiger partial charge in [0.25, 0.3) is 12.3 Å². The van der Waals surface area contributed by atoms with Crippen LogP contribution in [0.2, 0.25) is 0 Å². The van der Waals surface area contributed by atoms with Gasteiger partial charge in [0.15, 0.2) is 11.8 Å². The maximum atomic E-state index is 13.8. The molecule has 3 N–H and O–H groups in total. The molecule has 2 fully saturated rings. The topological polar surface area (TPSA) is 112 Å². The second kappa shape index (κ2) is 8.08. The summed E-state index contributed by atoms with van der Waals surface area (Å²) in [5, 5.41) is 3.02. The molecule has 1 aliphatic carbocycles. The molecular formula is C22H23F2N5O4. The van der Waals surface area contributed by atoms with Gasteiger partial charge in [-0.2, -0.15) is 0 Å². The average Bonchev–Trinajstić information content (AvgIpc) is 3.46. The van der Waals surface area contributed by atoms with Gasteiger partial charge in [0, 0.05) is 17.7 Å². The van der Waals surface area contributed by atoms with Crippen LogP contribution in [0, 0.1) is 0 Å². The molecule has 174 valence electrons. The molecule has 1 saturated heterocycles. The van der Waals surface area contributed by atoms with Gasteiger partial charge in [0.05, 0.1) is 17.8 Å². The number of halogens is 2. The van der Waals surface area contributed by atoms with E-state index in [4.69, 9.17) is 20.2 Å². The first kappa shape index (κ1) is 21.3. The third kappa shape index (κ3) is 3.68. The minimum Gasteiger partial charge on any atom is -0.491 e. The lowest BCUT2D eigenvalue weighted by atomic mass is 10.1. The van der Waals surface area contributed by atoms with Crippen molar-refractivity contribution in [2.75, 3.05) is 23.4 Å². The van der Waals surface area contributed by atoms with Crippen molar-refractivity contribution in [3.8, 4) is 17.1 Å². The van der Waals surface area contributed by atoms with Crippen molar-refractivity contribution in [3.63, 3.8) is 0 Å². The molecule has 3 aliphatic rings. The second-order valence-corrected chi connectivity index (χ2v) is 8.39. The number of carbonyl (C=O) groups is 1. The second-order valence-electron chi connectivity index (χ2n) is 8.39. The van der Waals surface area contributed by atoms with Crippen LogP contribution in [0.5, 0.6) is 5.75 Å². The number of nitrogens with two attached hydrogens (primary N) is 1. The number of imidazole rings is 1. The van der Waals surface area contributed by atoms with E-state index in [9.17, 15) is 18.4 Å². The highest BCUT2D eigenvalue weighted by Crippen LogP contribution is 2.49. The van der Waals surface area contributed by atoms with Crippen LogP contribution in [0.15, 0.2) is 24.1 Å². The standard InChI is InChI=1S/C22H23F2N5O4/c1-11(20(25)31)26-13-4-5-14-16(8-13)32-7-6-28-18(12-2-3-12)22(27-21(14)28)29-15(19(23)24)10-33-17(29)9-30/h4-5,8,11-12,15,19,26H,2-3,6-7,10H2,1H3,(H2,25,31)/t11-,15-/m0/s1. The minimum atomic E-state index is -2.72. The highest BCUT2D eigenvalue weighted by Gasteiger charge is 2.44. The van der Waals surface area contributed by atoms with Crippen LogP contribution >= 0.6 is 0 Å². The van der Waals surface area contributed by atoms with Crippen molar-refractivity contribution in [3.05, 3.63) is 29.8 Å². The minimum absolute atomic E-state index is 0.159. The van der Waals surface area contributed by atoms with Gasteiger partial charge in [-0.05, 0) is 31.9 Å². The van der Waals surface area contributed by atoms with E-state index in [2.05, 4.69) is 5.32 Å².